The number of hydrogen-bond acceptors (Lipinski definition) is 4. The first-order chi connectivity index (χ1) is 7.83. The van der Waals surface area contributed by atoms with E-state index in [2.05, 4.69) is 10.3 Å². The third-order valence-electron chi connectivity index (χ3n) is 1.61. The average molecular weight is 224 g/mol. The molecule has 0 aliphatic heterocycles. The van der Waals surface area contributed by atoms with Gasteiger partial charge in [0, 0.05) is 12.7 Å². The van der Waals surface area contributed by atoms with Crippen molar-refractivity contribution < 1.29 is 9.53 Å². The Morgan fingerprint density at radius 1 is 1.44 bits per heavy atom. The topological polar surface area (TPSA) is 51.2 Å². The summed E-state index contributed by atoms with van der Waals surface area (Å²) < 4.78 is 4.78. The quantitative estimate of drug-likeness (QED) is 0.781. The lowest BCUT2D eigenvalue weighted by Crippen LogP contribution is -2.11. The number of esters is 1. The van der Waals surface area contributed by atoms with Crippen LogP contribution in [0.25, 0.3) is 0 Å². The average Bonchev–Trinajstić information content (AvgIpc) is 2.33. The van der Waals surface area contributed by atoms with Crippen LogP contribution in [-0.4, -0.2) is 24.1 Å². The number of anilines is 1. The summed E-state index contributed by atoms with van der Waals surface area (Å²) in [4.78, 5) is 15.0. The van der Waals surface area contributed by atoms with Gasteiger partial charge < -0.3 is 10.1 Å². The van der Waals surface area contributed by atoms with Crippen LogP contribution in [0.1, 0.15) is 27.2 Å². The maximum absolute atomic E-state index is 11.0. The molecule has 4 heteroatoms. The Labute approximate surface area is 97.0 Å². The minimum Gasteiger partial charge on any atom is -0.466 e. The van der Waals surface area contributed by atoms with E-state index >= 15 is 0 Å². The number of carbonyl (C=O) groups is 1. The van der Waals surface area contributed by atoms with Crippen molar-refractivity contribution in [1.82, 2.24) is 4.98 Å². The summed E-state index contributed by atoms with van der Waals surface area (Å²) in [5.41, 5.74) is 0. The lowest BCUT2D eigenvalue weighted by atomic mass is 10.4. The van der Waals surface area contributed by atoms with Crippen molar-refractivity contribution in [3.63, 3.8) is 0 Å². The minimum absolute atomic E-state index is 0.184. The van der Waals surface area contributed by atoms with Crippen LogP contribution in [0.5, 0.6) is 0 Å². The van der Waals surface area contributed by atoms with Gasteiger partial charge in [0.1, 0.15) is 5.82 Å². The zero-order valence-corrected chi connectivity index (χ0v) is 10.2. The monoisotopic (exact) mass is 224 g/mol. The van der Waals surface area contributed by atoms with Crippen LogP contribution in [0, 0.1) is 0 Å². The molecule has 0 unspecified atom stereocenters. The van der Waals surface area contributed by atoms with Gasteiger partial charge in [0.2, 0.25) is 0 Å². The number of pyridine rings is 1. The first-order valence-electron chi connectivity index (χ1n) is 5.63. The van der Waals surface area contributed by atoms with Gasteiger partial charge in [0.05, 0.1) is 13.0 Å². The van der Waals surface area contributed by atoms with E-state index in [4.69, 9.17) is 4.74 Å². The zero-order valence-electron chi connectivity index (χ0n) is 10.2. The van der Waals surface area contributed by atoms with Gasteiger partial charge in [0.15, 0.2) is 0 Å². The van der Waals surface area contributed by atoms with Crippen molar-refractivity contribution in [2.45, 2.75) is 27.2 Å². The molecule has 0 saturated heterocycles. The first-order valence-corrected chi connectivity index (χ1v) is 5.63. The van der Waals surface area contributed by atoms with E-state index in [1.54, 1.807) is 13.1 Å². The highest BCUT2D eigenvalue weighted by Crippen LogP contribution is 1.99. The molecule has 0 bridgehead atoms. The molecule has 0 amide bonds. The molecule has 0 saturated carbocycles. The predicted molar refractivity (Wildman–Crippen MR) is 65.3 cm³/mol. The Morgan fingerprint density at radius 3 is 2.75 bits per heavy atom. The highest BCUT2D eigenvalue weighted by molar-refractivity contribution is 5.69. The molecule has 90 valence electrons. The molecule has 0 aliphatic carbocycles. The first kappa shape index (κ1) is 14.4. The second-order valence-corrected chi connectivity index (χ2v) is 2.70. The van der Waals surface area contributed by atoms with Crippen molar-refractivity contribution in [2.24, 2.45) is 0 Å². The van der Waals surface area contributed by atoms with Crippen molar-refractivity contribution in [2.75, 3.05) is 18.5 Å². The largest absolute Gasteiger partial charge is 0.466 e. The molecule has 0 atom stereocenters. The number of nitrogens with zero attached hydrogens (tertiary/aromatic N) is 1. The molecule has 1 N–H and O–H groups in total. The van der Waals surface area contributed by atoms with E-state index in [1.807, 2.05) is 32.0 Å². The van der Waals surface area contributed by atoms with E-state index < -0.39 is 0 Å². The molecule has 1 rings (SSSR count). The molecule has 16 heavy (non-hydrogen) atoms. The van der Waals surface area contributed by atoms with Gasteiger partial charge in [-0.15, -0.1) is 0 Å². The Morgan fingerprint density at radius 2 is 2.19 bits per heavy atom. The fourth-order valence-corrected chi connectivity index (χ4v) is 0.993. The van der Waals surface area contributed by atoms with Gasteiger partial charge >= 0.3 is 5.97 Å². The van der Waals surface area contributed by atoms with Crippen molar-refractivity contribution in [3.05, 3.63) is 24.4 Å². The molecule has 1 aromatic rings. The van der Waals surface area contributed by atoms with Crippen LogP contribution in [0.2, 0.25) is 0 Å². The number of ether oxygens (including phenoxy) is 1. The van der Waals surface area contributed by atoms with E-state index in [1.165, 1.54) is 0 Å². The van der Waals surface area contributed by atoms with Gasteiger partial charge in [-0.3, -0.25) is 4.79 Å². The number of rotatable bonds is 5. The number of carbonyl (C=O) groups excluding carboxylic acids is 1. The molecule has 4 nitrogen and oxygen atoms in total. The molecule has 0 radical (unpaired) electrons. The molecule has 1 heterocycles. The predicted octanol–water partition coefficient (Wildman–Crippen LogP) is 2.47. The van der Waals surface area contributed by atoms with Crippen LogP contribution < -0.4 is 5.32 Å². The fraction of sp³-hybridized carbons (Fsp3) is 0.500. The smallest absolute Gasteiger partial charge is 0.307 e. The standard InChI is InChI=1S/C10H14N2O2.C2H6/c1-2-14-10(13)6-8-12-9-5-3-4-7-11-9;1-2/h3-5,7H,2,6,8H2,1H3,(H,11,12);1-2H3. The second-order valence-electron chi connectivity index (χ2n) is 2.70. The van der Waals surface area contributed by atoms with Crippen LogP contribution in [0.15, 0.2) is 24.4 Å². The number of aromatic nitrogens is 1. The zero-order chi connectivity index (χ0) is 12.2. The normalized spacial score (nSPS) is 8.69. The molecule has 1 aromatic heterocycles. The van der Waals surface area contributed by atoms with Crippen LogP contribution in [0.3, 0.4) is 0 Å². The summed E-state index contributed by atoms with van der Waals surface area (Å²) in [7, 11) is 0. The van der Waals surface area contributed by atoms with Gasteiger partial charge in [0.25, 0.3) is 0 Å². The van der Waals surface area contributed by atoms with E-state index in [0.717, 1.165) is 5.82 Å². The third-order valence-corrected chi connectivity index (χ3v) is 1.61. The summed E-state index contributed by atoms with van der Waals surface area (Å²) in [5.74, 6) is 0.590. The highest BCUT2D eigenvalue weighted by atomic mass is 16.5. The molecule has 0 aromatic carbocycles. The summed E-state index contributed by atoms with van der Waals surface area (Å²) in [6.07, 6.45) is 2.07. The Bertz CT molecular complexity index is 276. The van der Waals surface area contributed by atoms with E-state index in [0.29, 0.717) is 19.6 Å². The van der Waals surface area contributed by atoms with Gasteiger partial charge in [-0.1, -0.05) is 19.9 Å². The van der Waals surface area contributed by atoms with Crippen LogP contribution in [-0.2, 0) is 9.53 Å². The van der Waals surface area contributed by atoms with Gasteiger partial charge in [-0.05, 0) is 19.1 Å². The maximum atomic E-state index is 11.0. The van der Waals surface area contributed by atoms with Gasteiger partial charge in [-0.2, -0.15) is 0 Å². The third kappa shape index (κ3) is 6.81. The molecule has 0 fully saturated rings. The van der Waals surface area contributed by atoms with Crippen molar-refractivity contribution in [1.29, 1.82) is 0 Å². The molecule has 0 aliphatic rings. The Hall–Kier alpha value is -1.58. The number of nitrogens with one attached hydrogen (secondary N) is 1. The van der Waals surface area contributed by atoms with Crippen molar-refractivity contribution in [3.8, 4) is 0 Å². The summed E-state index contributed by atoms with van der Waals surface area (Å²) in [6, 6.07) is 5.58. The lowest BCUT2D eigenvalue weighted by Gasteiger charge is -2.04. The Balaban J connectivity index is 0.00000106. The van der Waals surface area contributed by atoms with Crippen LogP contribution in [0.4, 0.5) is 5.82 Å². The number of hydrogen-bond donors (Lipinski definition) is 1. The maximum Gasteiger partial charge on any atom is 0.307 e. The highest BCUT2D eigenvalue weighted by Gasteiger charge is 2.00. The summed E-state index contributed by atoms with van der Waals surface area (Å²) in [5, 5.41) is 3.02. The second kappa shape index (κ2) is 9.96. The molecular weight excluding hydrogens is 204 g/mol. The van der Waals surface area contributed by atoms with Crippen LogP contribution >= 0.6 is 0 Å². The van der Waals surface area contributed by atoms with E-state index in [-0.39, 0.29) is 5.97 Å². The molecular formula is C12H20N2O2. The lowest BCUT2D eigenvalue weighted by molar-refractivity contribution is -0.142. The van der Waals surface area contributed by atoms with Crippen molar-refractivity contribution >= 4 is 11.8 Å². The SMILES string of the molecule is CC.CCOC(=O)CCNc1ccccn1. The minimum atomic E-state index is -0.184. The summed E-state index contributed by atoms with van der Waals surface area (Å²) >= 11 is 0. The molecule has 0 spiro atoms. The Kier molecular flexibility index (Phi) is 8.97. The summed E-state index contributed by atoms with van der Waals surface area (Å²) in [6.45, 7) is 6.78. The van der Waals surface area contributed by atoms with E-state index in [9.17, 15) is 4.79 Å². The fourth-order valence-electron chi connectivity index (χ4n) is 0.993. The van der Waals surface area contributed by atoms with Gasteiger partial charge in [-0.25, -0.2) is 4.98 Å².